The van der Waals surface area contributed by atoms with Crippen LogP contribution in [0, 0.1) is 0 Å². The lowest BCUT2D eigenvalue weighted by Gasteiger charge is -2.49. The van der Waals surface area contributed by atoms with E-state index in [1.54, 1.807) is 0 Å². The average Bonchev–Trinajstić information content (AvgIpc) is 2.87. The van der Waals surface area contributed by atoms with Crippen molar-refractivity contribution in [3.63, 3.8) is 0 Å². The summed E-state index contributed by atoms with van der Waals surface area (Å²) in [5.74, 6) is 1.08. The molecule has 2 aliphatic rings. The van der Waals surface area contributed by atoms with E-state index in [-0.39, 0.29) is 5.54 Å². The van der Waals surface area contributed by atoms with Gasteiger partial charge in [0.25, 0.3) is 0 Å². The molecule has 1 fully saturated rings. The van der Waals surface area contributed by atoms with Gasteiger partial charge < -0.3 is 15.2 Å². The van der Waals surface area contributed by atoms with E-state index in [2.05, 4.69) is 31.6 Å². The molecule has 3 rings (SSSR count). The Hall–Kier alpha value is -0.980. The van der Waals surface area contributed by atoms with E-state index in [0.29, 0.717) is 0 Å². The molecule has 0 atom stereocenters. The van der Waals surface area contributed by atoms with Crippen molar-refractivity contribution in [3.05, 3.63) is 12.2 Å². The third-order valence-corrected chi connectivity index (χ3v) is 4.61. The summed E-state index contributed by atoms with van der Waals surface area (Å²) in [5, 5.41) is 8.19. The molecule has 0 aliphatic carbocycles. The molecule has 0 aromatic carbocycles. The Morgan fingerprint density at radius 2 is 2.06 bits per heavy atom. The third kappa shape index (κ3) is 1.94. The van der Waals surface area contributed by atoms with Crippen molar-refractivity contribution in [1.29, 1.82) is 0 Å². The van der Waals surface area contributed by atoms with E-state index in [1.165, 1.54) is 0 Å². The maximum Gasteiger partial charge on any atom is 0.147 e. The number of hydrogen-bond donors (Lipinski definition) is 1. The molecule has 3 heterocycles. The molecule has 0 spiro atoms. The zero-order chi connectivity index (χ0) is 12.6. The summed E-state index contributed by atoms with van der Waals surface area (Å²) in [7, 11) is 2.19. The second-order valence-electron chi connectivity index (χ2n) is 5.59. The van der Waals surface area contributed by atoms with E-state index in [0.717, 1.165) is 57.9 Å². The standard InChI is InChI=1S/C12H22N6/c1-16-4-2-12(9-13,3-5-16)18-7-6-17-10-14-15-11(17)8-18/h10H,2-9,13H2,1H3. The van der Waals surface area contributed by atoms with E-state index < -0.39 is 0 Å². The first-order chi connectivity index (χ1) is 8.73. The molecule has 1 saturated heterocycles. The van der Waals surface area contributed by atoms with Crippen LogP contribution in [0.3, 0.4) is 0 Å². The molecule has 18 heavy (non-hydrogen) atoms. The number of hydrogen-bond acceptors (Lipinski definition) is 5. The van der Waals surface area contributed by atoms with Crippen LogP contribution in [0.2, 0.25) is 0 Å². The highest BCUT2D eigenvalue weighted by molar-refractivity contribution is 5.00. The molecule has 0 radical (unpaired) electrons. The van der Waals surface area contributed by atoms with Crippen molar-refractivity contribution in [2.75, 3.05) is 33.2 Å². The molecule has 0 amide bonds. The summed E-state index contributed by atoms with van der Waals surface area (Å²) < 4.78 is 2.15. The Labute approximate surface area is 108 Å². The zero-order valence-electron chi connectivity index (χ0n) is 11.0. The van der Waals surface area contributed by atoms with E-state index in [9.17, 15) is 0 Å². The molecule has 1 aromatic heterocycles. The number of fused-ring (bicyclic) bond motifs is 1. The fourth-order valence-electron chi connectivity index (χ4n) is 3.16. The molecule has 0 unspecified atom stereocenters. The van der Waals surface area contributed by atoms with Gasteiger partial charge in [0.1, 0.15) is 12.2 Å². The van der Waals surface area contributed by atoms with Crippen LogP contribution in [-0.2, 0) is 13.1 Å². The van der Waals surface area contributed by atoms with Gasteiger partial charge in [-0.15, -0.1) is 10.2 Å². The van der Waals surface area contributed by atoms with Crippen LogP contribution in [0.5, 0.6) is 0 Å². The van der Waals surface area contributed by atoms with Crippen LogP contribution < -0.4 is 5.73 Å². The van der Waals surface area contributed by atoms with Crippen molar-refractivity contribution in [1.82, 2.24) is 24.6 Å². The fraction of sp³-hybridized carbons (Fsp3) is 0.833. The Morgan fingerprint density at radius 1 is 1.28 bits per heavy atom. The molecular formula is C12H22N6. The Bertz CT molecular complexity index is 406. The van der Waals surface area contributed by atoms with Crippen molar-refractivity contribution in [3.8, 4) is 0 Å². The van der Waals surface area contributed by atoms with Gasteiger partial charge in [0.15, 0.2) is 0 Å². The first-order valence-electron chi connectivity index (χ1n) is 6.74. The summed E-state index contributed by atoms with van der Waals surface area (Å²) in [6.45, 7) is 5.96. The highest BCUT2D eigenvalue weighted by Crippen LogP contribution is 2.30. The van der Waals surface area contributed by atoms with Crippen LogP contribution in [0.4, 0.5) is 0 Å². The van der Waals surface area contributed by atoms with Gasteiger partial charge >= 0.3 is 0 Å². The topological polar surface area (TPSA) is 63.2 Å². The van der Waals surface area contributed by atoms with Crippen LogP contribution in [-0.4, -0.2) is 63.3 Å². The Morgan fingerprint density at radius 3 is 2.78 bits per heavy atom. The third-order valence-electron chi connectivity index (χ3n) is 4.61. The molecule has 6 heteroatoms. The van der Waals surface area contributed by atoms with Gasteiger partial charge in [-0.05, 0) is 33.0 Å². The van der Waals surface area contributed by atoms with Gasteiger partial charge in [-0.3, -0.25) is 4.90 Å². The molecule has 6 nitrogen and oxygen atoms in total. The van der Waals surface area contributed by atoms with Crippen LogP contribution in [0.1, 0.15) is 18.7 Å². The van der Waals surface area contributed by atoms with Gasteiger partial charge in [0.05, 0.1) is 6.54 Å². The summed E-state index contributed by atoms with van der Waals surface area (Å²) in [4.78, 5) is 4.92. The highest BCUT2D eigenvalue weighted by Gasteiger charge is 2.39. The van der Waals surface area contributed by atoms with E-state index >= 15 is 0 Å². The molecule has 100 valence electrons. The van der Waals surface area contributed by atoms with Gasteiger partial charge in [-0.2, -0.15) is 0 Å². The predicted octanol–water partition coefficient (Wildman–Crippen LogP) is -0.483. The van der Waals surface area contributed by atoms with Crippen molar-refractivity contribution in [2.24, 2.45) is 5.73 Å². The van der Waals surface area contributed by atoms with Crippen molar-refractivity contribution >= 4 is 0 Å². The van der Waals surface area contributed by atoms with Gasteiger partial charge in [-0.25, -0.2) is 0 Å². The second kappa shape index (κ2) is 4.60. The van der Waals surface area contributed by atoms with E-state index in [1.807, 2.05) is 6.33 Å². The molecule has 0 bridgehead atoms. The summed E-state index contributed by atoms with van der Waals surface area (Å²) in [6, 6.07) is 0. The minimum absolute atomic E-state index is 0.170. The maximum atomic E-state index is 6.11. The number of piperidine rings is 1. The first-order valence-corrected chi connectivity index (χ1v) is 6.74. The predicted molar refractivity (Wildman–Crippen MR) is 68.9 cm³/mol. The number of nitrogens with two attached hydrogens (primary N) is 1. The maximum absolute atomic E-state index is 6.11. The molecule has 1 aromatic rings. The SMILES string of the molecule is CN1CCC(CN)(N2CCn3cnnc3C2)CC1. The molecular weight excluding hydrogens is 228 g/mol. The molecule has 0 saturated carbocycles. The summed E-state index contributed by atoms with van der Waals surface area (Å²) >= 11 is 0. The van der Waals surface area contributed by atoms with Gasteiger partial charge in [0, 0.05) is 25.2 Å². The van der Waals surface area contributed by atoms with Crippen LogP contribution in [0.15, 0.2) is 6.33 Å². The summed E-state index contributed by atoms with van der Waals surface area (Å²) in [6.07, 6.45) is 4.15. The fourth-order valence-corrected chi connectivity index (χ4v) is 3.16. The zero-order valence-corrected chi connectivity index (χ0v) is 11.0. The lowest BCUT2D eigenvalue weighted by atomic mass is 9.85. The van der Waals surface area contributed by atoms with Crippen molar-refractivity contribution in [2.45, 2.75) is 31.5 Å². The molecule has 2 aliphatic heterocycles. The average molecular weight is 250 g/mol. The quantitative estimate of drug-likeness (QED) is 0.768. The van der Waals surface area contributed by atoms with Gasteiger partial charge in [0.2, 0.25) is 0 Å². The number of nitrogens with zero attached hydrogens (tertiary/aromatic N) is 5. The van der Waals surface area contributed by atoms with Crippen molar-refractivity contribution < 1.29 is 0 Å². The summed E-state index contributed by atoms with van der Waals surface area (Å²) in [5.41, 5.74) is 6.28. The second-order valence-corrected chi connectivity index (χ2v) is 5.59. The number of likely N-dealkylation sites (tertiary alicyclic amines) is 1. The lowest BCUT2D eigenvalue weighted by Crippen LogP contribution is -2.60. The normalized spacial score (nSPS) is 25.0. The first kappa shape index (κ1) is 12.1. The van der Waals surface area contributed by atoms with Crippen LogP contribution >= 0.6 is 0 Å². The van der Waals surface area contributed by atoms with E-state index in [4.69, 9.17) is 5.73 Å². The highest BCUT2D eigenvalue weighted by atomic mass is 15.3. The molecule has 2 N–H and O–H groups in total. The number of rotatable bonds is 2. The minimum atomic E-state index is 0.170. The Balaban J connectivity index is 1.77. The van der Waals surface area contributed by atoms with Crippen LogP contribution in [0.25, 0.3) is 0 Å². The minimum Gasteiger partial charge on any atom is -0.329 e. The Kier molecular flexibility index (Phi) is 3.09. The number of aromatic nitrogens is 3. The van der Waals surface area contributed by atoms with Gasteiger partial charge in [-0.1, -0.05) is 0 Å². The monoisotopic (exact) mass is 250 g/mol. The smallest absolute Gasteiger partial charge is 0.147 e. The lowest BCUT2D eigenvalue weighted by molar-refractivity contribution is 0.0133. The largest absolute Gasteiger partial charge is 0.329 e.